The van der Waals surface area contributed by atoms with E-state index in [0.717, 1.165) is 25.7 Å². The Balaban J connectivity index is 2.28. The van der Waals surface area contributed by atoms with Crippen molar-refractivity contribution in [2.45, 2.75) is 45.6 Å². The van der Waals surface area contributed by atoms with Gasteiger partial charge in [-0.2, -0.15) is 0 Å². The molecule has 78 valence electrons. The van der Waals surface area contributed by atoms with Gasteiger partial charge in [0.15, 0.2) is 5.78 Å². The second-order valence-corrected chi connectivity index (χ2v) is 3.99. The summed E-state index contributed by atoms with van der Waals surface area (Å²) in [6.45, 7) is 4.01. The predicted octanol–water partition coefficient (Wildman–Crippen LogP) is 2.17. The molecule has 0 aromatic rings. The lowest BCUT2D eigenvalue weighted by atomic mass is 10.1. The molecule has 0 aromatic carbocycles. The molecule has 0 saturated heterocycles. The summed E-state index contributed by atoms with van der Waals surface area (Å²) < 4.78 is 5.46. The van der Waals surface area contributed by atoms with Crippen LogP contribution in [-0.2, 0) is 9.53 Å². The summed E-state index contributed by atoms with van der Waals surface area (Å²) in [5.41, 5.74) is 0. The molecule has 0 N–H and O–H groups in total. The molecule has 0 saturated carbocycles. The monoisotopic (exact) mass is 194 g/mol. The lowest BCUT2D eigenvalue weighted by Crippen LogP contribution is -2.20. The van der Waals surface area contributed by atoms with Crippen molar-refractivity contribution in [3.63, 3.8) is 0 Å². The number of carbonyl (C=O) groups excluding carboxylic acids is 1. The van der Waals surface area contributed by atoms with Crippen LogP contribution >= 0.6 is 0 Å². The van der Waals surface area contributed by atoms with E-state index in [-0.39, 0.29) is 24.4 Å². The molecule has 0 aliphatic heterocycles. The number of carbonyl (C=O) groups is 1. The van der Waals surface area contributed by atoms with Crippen molar-refractivity contribution < 1.29 is 9.53 Å². The number of Topliss-reactive ketones (excluding diaryl/α,β-unsaturated/α-hetero) is 1. The summed E-state index contributed by atoms with van der Waals surface area (Å²) in [7, 11) is 0. The van der Waals surface area contributed by atoms with Gasteiger partial charge in [-0.1, -0.05) is 19.8 Å². The van der Waals surface area contributed by atoms with Crippen molar-refractivity contribution in [2.24, 2.45) is 5.92 Å². The fourth-order valence-corrected chi connectivity index (χ4v) is 1.28. The van der Waals surface area contributed by atoms with Gasteiger partial charge in [-0.3, -0.25) is 4.79 Å². The van der Waals surface area contributed by atoms with Gasteiger partial charge < -0.3 is 4.74 Å². The van der Waals surface area contributed by atoms with Crippen molar-refractivity contribution in [3.05, 3.63) is 0 Å². The number of hydrogen-bond acceptors (Lipinski definition) is 2. The predicted molar refractivity (Wildman–Crippen MR) is 55.8 cm³/mol. The van der Waals surface area contributed by atoms with E-state index in [2.05, 4.69) is 11.8 Å². The summed E-state index contributed by atoms with van der Waals surface area (Å²) in [6.07, 6.45) is 4.22. The molecule has 0 heterocycles. The van der Waals surface area contributed by atoms with E-state index in [1.54, 1.807) is 0 Å². The molecule has 0 amide bonds. The largest absolute Gasteiger partial charge is 0.358 e. The molecular weight excluding hydrogens is 176 g/mol. The van der Waals surface area contributed by atoms with Crippen molar-refractivity contribution in [3.8, 4) is 11.8 Å². The van der Waals surface area contributed by atoms with E-state index in [4.69, 9.17) is 4.74 Å². The van der Waals surface area contributed by atoms with Gasteiger partial charge in [0.1, 0.15) is 12.7 Å². The Hall–Kier alpha value is -0.810. The van der Waals surface area contributed by atoms with Crippen molar-refractivity contribution in [1.82, 2.24) is 0 Å². The van der Waals surface area contributed by atoms with E-state index in [1.807, 2.05) is 13.8 Å². The van der Waals surface area contributed by atoms with Gasteiger partial charge in [0.25, 0.3) is 0 Å². The Morgan fingerprint density at radius 2 is 2.29 bits per heavy atom. The van der Waals surface area contributed by atoms with Gasteiger partial charge in [-0.15, -0.1) is 5.92 Å². The fraction of sp³-hybridized carbons (Fsp3) is 0.750. The molecule has 1 atom stereocenters. The molecule has 0 bridgehead atoms. The first-order valence-corrected chi connectivity index (χ1v) is 5.33. The van der Waals surface area contributed by atoms with Crippen LogP contribution in [0.25, 0.3) is 0 Å². The molecule has 1 aliphatic rings. The molecule has 0 aromatic heterocycles. The average Bonchev–Trinajstić information content (AvgIpc) is 2.42. The van der Waals surface area contributed by atoms with Crippen LogP contribution in [0.1, 0.15) is 39.5 Å². The summed E-state index contributed by atoms with van der Waals surface area (Å²) >= 11 is 0. The molecule has 0 spiro atoms. The number of ether oxygens (including phenoxy) is 1. The minimum absolute atomic E-state index is 0.0137. The Morgan fingerprint density at radius 3 is 3.00 bits per heavy atom. The highest BCUT2D eigenvalue weighted by atomic mass is 16.5. The van der Waals surface area contributed by atoms with Crippen LogP contribution in [0.15, 0.2) is 0 Å². The van der Waals surface area contributed by atoms with Gasteiger partial charge in [-0.25, -0.2) is 0 Å². The van der Waals surface area contributed by atoms with Crippen LogP contribution in [0.2, 0.25) is 0 Å². The second-order valence-electron chi connectivity index (χ2n) is 3.99. The first-order valence-electron chi connectivity index (χ1n) is 5.33. The summed E-state index contributed by atoms with van der Waals surface area (Å²) in [6, 6.07) is 0. The molecule has 0 fully saturated rings. The molecule has 14 heavy (non-hydrogen) atoms. The minimum Gasteiger partial charge on any atom is -0.358 e. The number of ketones is 1. The van der Waals surface area contributed by atoms with Crippen molar-refractivity contribution in [1.29, 1.82) is 0 Å². The van der Waals surface area contributed by atoms with E-state index in [1.165, 1.54) is 0 Å². The highest BCUT2D eigenvalue weighted by molar-refractivity contribution is 5.81. The SMILES string of the molecule is CC(C)C(=O)COC1C#CCCCC1. The highest BCUT2D eigenvalue weighted by Crippen LogP contribution is 2.10. The van der Waals surface area contributed by atoms with E-state index in [0.29, 0.717) is 0 Å². The lowest BCUT2D eigenvalue weighted by molar-refractivity contribution is -0.127. The molecule has 2 heteroatoms. The molecule has 2 nitrogen and oxygen atoms in total. The van der Waals surface area contributed by atoms with Crippen molar-refractivity contribution in [2.75, 3.05) is 6.61 Å². The van der Waals surface area contributed by atoms with Crippen LogP contribution in [0.3, 0.4) is 0 Å². The third-order valence-corrected chi connectivity index (χ3v) is 2.35. The molecule has 1 aliphatic carbocycles. The normalized spacial score (nSPS) is 21.2. The van der Waals surface area contributed by atoms with Crippen LogP contribution in [0, 0.1) is 17.8 Å². The standard InChI is InChI=1S/C12H18O2/c1-10(2)12(13)9-14-11-7-5-3-4-6-8-11/h10-11H,3-5,7,9H2,1-2H3. The molecular formula is C12H18O2. The maximum atomic E-state index is 11.3. The van der Waals surface area contributed by atoms with Crippen LogP contribution in [-0.4, -0.2) is 18.5 Å². The third-order valence-electron chi connectivity index (χ3n) is 2.35. The first-order chi connectivity index (χ1) is 6.70. The summed E-state index contributed by atoms with van der Waals surface area (Å²) in [5, 5.41) is 0. The molecule has 1 unspecified atom stereocenters. The lowest BCUT2D eigenvalue weighted by Gasteiger charge is -2.11. The van der Waals surface area contributed by atoms with Crippen molar-refractivity contribution >= 4 is 5.78 Å². The Bertz CT molecular complexity index is 245. The molecule has 0 radical (unpaired) electrons. The quantitative estimate of drug-likeness (QED) is 0.641. The average molecular weight is 194 g/mol. The van der Waals surface area contributed by atoms with Crippen LogP contribution in [0.4, 0.5) is 0 Å². The smallest absolute Gasteiger partial charge is 0.161 e. The van der Waals surface area contributed by atoms with E-state index >= 15 is 0 Å². The Morgan fingerprint density at radius 1 is 1.50 bits per heavy atom. The van der Waals surface area contributed by atoms with Gasteiger partial charge in [0, 0.05) is 12.3 Å². The zero-order valence-corrected chi connectivity index (χ0v) is 9.01. The number of hydrogen-bond donors (Lipinski definition) is 0. The van der Waals surface area contributed by atoms with Gasteiger partial charge >= 0.3 is 0 Å². The minimum atomic E-state index is -0.0137. The zero-order valence-electron chi connectivity index (χ0n) is 9.01. The third kappa shape index (κ3) is 3.93. The van der Waals surface area contributed by atoms with Crippen LogP contribution < -0.4 is 0 Å². The van der Waals surface area contributed by atoms with Gasteiger partial charge in [0.2, 0.25) is 0 Å². The Kier molecular flexibility index (Phi) is 4.69. The maximum absolute atomic E-state index is 11.3. The highest BCUT2D eigenvalue weighted by Gasteiger charge is 2.12. The molecule has 1 rings (SSSR count). The maximum Gasteiger partial charge on any atom is 0.161 e. The van der Waals surface area contributed by atoms with Crippen LogP contribution in [0.5, 0.6) is 0 Å². The zero-order chi connectivity index (χ0) is 10.4. The number of rotatable bonds is 4. The van der Waals surface area contributed by atoms with Gasteiger partial charge in [0.05, 0.1) is 0 Å². The summed E-state index contributed by atoms with van der Waals surface area (Å²) in [5.74, 6) is 6.34. The van der Waals surface area contributed by atoms with E-state index in [9.17, 15) is 4.79 Å². The summed E-state index contributed by atoms with van der Waals surface area (Å²) in [4.78, 5) is 11.3. The topological polar surface area (TPSA) is 26.3 Å². The second kappa shape index (κ2) is 5.82. The Labute approximate surface area is 86.0 Å². The fourth-order valence-electron chi connectivity index (χ4n) is 1.28. The first kappa shape index (κ1) is 11.3. The van der Waals surface area contributed by atoms with E-state index < -0.39 is 0 Å². The van der Waals surface area contributed by atoms with Gasteiger partial charge in [-0.05, 0) is 19.3 Å².